The second kappa shape index (κ2) is 6.28. The number of benzene rings is 1. The molecule has 0 bridgehead atoms. The van der Waals surface area contributed by atoms with Crippen LogP contribution in [0, 0.1) is 0 Å². The Kier molecular flexibility index (Phi) is 4.99. The van der Waals surface area contributed by atoms with Crippen LogP contribution in [0.15, 0.2) is 24.3 Å². The normalized spacial score (nSPS) is 12.2. The van der Waals surface area contributed by atoms with Crippen molar-refractivity contribution < 1.29 is 14.3 Å². The van der Waals surface area contributed by atoms with Crippen molar-refractivity contribution in [1.29, 1.82) is 0 Å². The molecule has 16 heavy (non-hydrogen) atoms. The number of Topliss-reactive ketones (excluding diaryl/α,β-unsaturated/α-hetero) is 1. The summed E-state index contributed by atoms with van der Waals surface area (Å²) in [5.74, 6) is 0.854. The Bertz CT molecular complexity index is 330. The van der Waals surface area contributed by atoms with E-state index in [9.17, 15) is 4.79 Å². The lowest BCUT2D eigenvalue weighted by molar-refractivity contribution is 0.101. The zero-order valence-electron chi connectivity index (χ0n) is 10.0. The standard InChI is InChI=1S/C13H18O3/c1-10(8-9-15-3)16-13-6-4-12(5-7-13)11(2)14/h4-7,10H,8-9H2,1-3H3. The van der Waals surface area contributed by atoms with Gasteiger partial charge in [0.2, 0.25) is 0 Å². The third kappa shape index (κ3) is 4.03. The van der Waals surface area contributed by atoms with Gasteiger partial charge in [0.05, 0.1) is 6.10 Å². The van der Waals surface area contributed by atoms with Gasteiger partial charge in [0, 0.05) is 25.7 Å². The van der Waals surface area contributed by atoms with Gasteiger partial charge in [-0.1, -0.05) is 0 Å². The highest BCUT2D eigenvalue weighted by Crippen LogP contribution is 2.15. The Morgan fingerprint density at radius 3 is 2.44 bits per heavy atom. The summed E-state index contributed by atoms with van der Waals surface area (Å²) < 4.78 is 10.6. The van der Waals surface area contributed by atoms with E-state index in [1.54, 1.807) is 26.2 Å². The lowest BCUT2D eigenvalue weighted by Gasteiger charge is -2.14. The molecule has 0 heterocycles. The van der Waals surface area contributed by atoms with Crippen molar-refractivity contribution >= 4 is 5.78 Å². The van der Waals surface area contributed by atoms with Gasteiger partial charge in [0.25, 0.3) is 0 Å². The lowest BCUT2D eigenvalue weighted by Crippen LogP contribution is -2.14. The molecule has 1 aromatic carbocycles. The molecule has 0 amide bonds. The molecular formula is C13H18O3. The SMILES string of the molecule is COCCC(C)Oc1ccc(C(C)=O)cc1. The minimum atomic E-state index is 0.0685. The second-order valence-electron chi connectivity index (χ2n) is 3.79. The highest BCUT2D eigenvalue weighted by Gasteiger charge is 2.04. The molecule has 0 aliphatic carbocycles. The van der Waals surface area contributed by atoms with Crippen LogP contribution in [0.5, 0.6) is 5.75 Å². The smallest absolute Gasteiger partial charge is 0.159 e. The third-order valence-corrected chi connectivity index (χ3v) is 2.33. The molecule has 0 aliphatic heterocycles. The van der Waals surface area contributed by atoms with Crippen LogP contribution < -0.4 is 4.74 Å². The molecule has 0 radical (unpaired) electrons. The van der Waals surface area contributed by atoms with Gasteiger partial charge in [-0.3, -0.25) is 4.79 Å². The number of rotatable bonds is 6. The number of ether oxygens (including phenoxy) is 2. The monoisotopic (exact) mass is 222 g/mol. The van der Waals surface area contributed by atoms with Crippen LogP contribution in [0.25, 0.3) is 0 Å². The van der Waals surface area contributed by atoms with Crippen LogP contribution in [0.4, 0.5) is 0 Å². The summed E-state index contributed by atoms with van der Waals surface area (Å²) in [6, 6.07) is 7.20. The van der Waals surface area contributed by atoms with Crippen LogP contribution in [0.1, 0.15) is 30.6 Å². The average molecular weight is 222 g/mol. The summed E-state index contributed by atoms with van der Waals surface area (Å²) >= 11 is 0. The first kappa shape index (κ1) is 12.7. The van der Waals surface area contributed by atoms with Gasteiger partial charge >= 0.3 is 0 Å². The minimum absolute atomic E-state index is 0.0685. The first-order valence-corrected chi connectivity index (χ1v) is 5.40. The molecule has 0 spiro atoms. The van der Waals surface area contributed by atoms with Crippen molar-refractivity contribution in [1.82, 2.24) is 0 Å². The molecular weight excluding hydrogens is 204 g/mol. The molecule has 3 nitrogen and oxygen atoms in total. The van der Waals surface area contributed by atoms with Crippen molar-refractivity contribution in [3.8, 4) is 5.75 Å². The molecule has 1 rings (SSSR count). The molecule has 88 valence electrons. The van der Waals surface area contributed by atoms with E-state index in [-0.39, 0.29) is 11.9 Å². The fourth-order valence-electron chi connectivity index (χ4n) is 1.34. The van der Waals surface area contributed by atoms with Gasteiger partial charge < -0.3 is 9.47 Å². The molecule has 1 atom stereocenters. The first-order chi connectivity index (χ1) is 7.63. The van der Waals surface area contributed by atoms with Crippen molar-refractivity contribution in [3.05, 3.63) is 29.8 Å². The summed E-state index contributed by atoms with van der Waals surface area (Å²) in [5, 5.41) is 0. The van der Waals surface area contributed by atoms with Gasteiger partial charge in [-0.25, -0.2) is 0 Å². The number of methoxy groups -OCH3 is 1. The molecule has 0 aliphatic rings. The zero-order chi connectivity index (χ0) is 12.0. The summed E-state index contributed by atoms with van der Waals surface area (Å²) in [6.07, 6.45) is 0.966. The quantitative estimate of drug-likeness (QED) is 0.694. The highest BCUT2D eigenvalue weighted by molar-refractivity contribution is 5.94. The summed E-state index contributed by atoms with van der Waals surface area (Å²) in [5.41, 5.74) is 0.705. The number of hydrogen-bond donors (Lipinski definition) is 0. The second-order valence-corrected chi connectivity index (χ2v) is 3.79. The molecule has 0 N–H and O–H groups in total. The maximum atomic E-state index is 11.1. The van der Waals surface area contributed by atoms with Gasteiger partial charge in [0.1, 0.15) is 5.75 Å². The number of hydrogen-bond acceptors (Lipinski definition) is 3. The van der Waals surface area contributed by atoms with Crippen molar-refractivity contribution in [2.75, 3.05) is 13.7 Å². The molecule has 1 unspecified atom stereocenters. The van der Waals surface area contributed by atoms with Crippen LogP contribution in [-0.4, -0.2) is 25.6 Å². The summed E-state index contributed by atoms with van der Waals surface area (Å²) in [4.78, 5) is 11.1. The number of carbonyl (C=O) groups excluding carboxylic acids is 1. The minimum Gasteiger partial charge on any atom is -0.491 e. The maximum Gasteiger partial charge on any atom is 0.159 e. The van der Waals surface area contributed by atoms with Gasteiger partial charge in [-0.15, -0.1) is 0 Å². The van der Waals surface area contributed by atoms with Crippen molar-refractivity contribution in [2.45, 2.75) is 26.4 Å². The molecule has 0 saturated heterocycles. The predicted molar refractivity (Wildman–Crippen MR) is 63.0 cm³/mol. The predicted octanol–water partition coefficient (Wildman–Crippen LogP) is 2.69. The Hall–Kier alpha value is -1.35. The van der Waals surface area contributed by atoms with E-state index in [0.717, 1.165) is 12.2 Å². The summed E-state index contributed by atoms with van der Waals surface area (Å²) in [7, 11) is 1.67. The maximum absolute atomic E-state index is 11.1. The van der Waals surface area contributed by atoms with E-state index >= 15 is 0 Å². The van der Waals surface area contributed by atoms with Crippen LogP contribution in [0.3, 0.4) is 0 Å². The fourth-order valence-corrected chi connectivity index (χ4v) is 1.34. The van der Waals surface area contributed by atoms with E-state index in [1.807, 2.05) is 19.1 Å². The van der Waals surface area contributed by atoms with Crippen LogP contribution in [-0.2, 0) is 4.74 Å². The molecule has 1 aromatic rings. The van der Waals surface area contributed by atoms with E-state index < -0.39 is 0 Å². The van der Waals surface area contributed by atoms with E-state index in [4.69, 9.17) is 9.47 Å². The first-order valence-electron chi connectivity index (χ1n) is 5.40. The average Bonchev–Trinajstić information content (AvgIpc) is 2.27. The highest BCUT2D eigenvalue weighted by atomic mass is 16.5. The van der Waals surface area contributed by atoms with Crippen LogP contribution in [0.2, 0.25) is 0 Å². The van der Waals surface area contributed by atoms with E-state index in [0.29, 0.717) is 12.2 Å². The van der Waals surface area contributed by atoms with Crippen molar-refractivity contribution in [3.63, 3.8) is 0 Å². The molecule has 0 saturated carbocycles. The van der Waals surface area contributed by atoms with E-state index in [2.05, 4.69) is 0 Å². The van der Waals surface area contributed by atoms with Crippen LogP contribution >= 0.6 is 0 Å². The Balaban J connectivity index is 2.51. The molecule has 0 aromatic heterocycles. The fraction of sp³-hybridized carbons (Fsp3) is 0.462. The Labute approximate surface area is 96.4 Å². The zero-order valence-corrected chi connectivity index (χ0v) is 10.0. The van der Waals surface area contributed by atoms with Crippen molar-refractivity contribution in [2.24, 2.45) is 0 Å². The van der Waals surface area contributed by atoms with Gasteiger partial charge in [0.15, 0.2) is 5.78 Å². The number of ketones is 1. The van der Waals surface area contributed by atoms with E-state index in [1.165, 1.54) is 0 Å². The Morgan fingerprint density at radius 1 is 1.31 bits per heavy atom. The van der Waals surface area contributed by atoms with Gasteiger partial charge in [-0.2, -0.15) is 0 Å². The molecule has 0 fully saturated rings. The number of carbonyl (C=O) groups is 1. The molecule has 3 heteroatoms. The third-order valence-electron chi connectivity index (χ3n) is 2.33. The summed E-state index contributed by atoms with van der Waals surface area (Å²) in [6.45, 7) is 4.24. The lowest BCUT2D eigenvalue weighted by atomic mass is 10.1. The largest absolute Gasteiger partial charge is 0.491 e. The topological polar surface area (TPSA) is 35.5 Å². The Morgan fingerprint density at radius 2 is 1.94 bits per heavy atom. The van der Waals surface area contributed by atoms with Gasteiger partial charge in [-0.05, 0) is 38.1 Å².